The number of amides is 2. The Hall–Kier alpha value is -1.99. The fourth-order valence-electron chi connectivity index (χ4n) is 2.85. The van der Waals surface area contributed by atoms with Crippen LogP contribution < -0.4 is 16.4 Å². The molecular weight excluding hydrogens is 311 g/mol. The molecule has 0 spiro atoms. The summed E-state index contributed by atoms with van der Waals surface area (Å²) in [4.78, 5) is 26.0. The van der Waals surface area contributed by atoms with Crippen LogP contribution >= 0.6 is 0 Å². The molecular formula is C17H25FN4O2. The average molecular weight is 336 g/mol. The summed E-state index contributed by atoms with van der Waals surface area (Å²) in [5, 5.41) is 5.52. The zero-order valence-electron chi connectivity index (χ0n) is 13.8. The molecule has 6 nitrogen and oxygen atoms in total. The molecule has 24 heavy (non-hydrogen) atoms. The van der Waals surface area contributed by atoms with Crippen LogP contribution in [-0.2, 0) is 16.1 Å². The van der Waals surface area contributed by atoms with Crippen LogP contribution in [0.3, 0.4) is 0 Å². The van der Waals surface area contributed by atoms with Gasteiger partial charge in [0.15, 0.2) is 0 Å². The first kappa shape index (κ1) is 18.4. The number of nitrogens with zero attached hydrogens (tertiary/aromatic N) is 1. The van der Waals surface area contributed by atoms with Gasteiger partial charge in [-0.2, -0.15) is 0 Å². The Morgan fingerprint density at radius 2 is 2.08 bits per heavy atom. The van der Waals surface area contributed by atoms with E-state index in [0.717, 1.165) is 19.4 Å². The van der Waals surface area contributed by atoms with Crippen molar-refractivity contribution in [3.63, 3.8) is 0 Å². The van der Waals surface area contributed by atoms with E-state index in [1.807, 2.05) is 4.90 Å². The standard InChI is InChI=1S/C17H25FN4O2/c18-15-6-2-1-4-13(15)10-21-16(23)12-22-9-3-5-14(11-22)17(24)20-8-7-19/h1-2,4,6,14H,3,5,7-12,19H2,(H,20,24)(H,21,23). The fourth-order valence-corrected chi connectivity index (χ4v) is 2.85. The SMILES string of the molecule is NCCNC(=O)C1CCCN(CC(=O)NCc2ccccc2F)C1. The Kier molecular flexibility index (Phi) is 7.14. The Balaban J connectivity index is 1.77. The monoisotopic (exact) mass is 336 g/mol. The Bertz CT molecular complexity index is 567. The Labute approximate surface area is 141 Å². The maximum absolute atomic E-state index is 13.5. The molecule has 1 aliphatic rings. The highest BCUT2D eigenvalue weighted by molar-refractivity contribution is 5.80. The lowest BCUT2D eigenvalue weighted by Gasteiger charge is -2.31. The lowest BCUT2D eigenvalue weighted by molar-refractivity contribution is -0.128. The van der Waals surface area contributed by atoms with Crippen molar-refractivity contribution in [2.24, 2.45) is 11.7 Å². The lowest BCUT2D eigenvalue weighted by atomic mass is 9.97. The first-order chi connectivity index (χ1) is 11.6. The van der Waals surface area contributed by atoms with Crippen molar-refractivity contribution >= 4 is 11.8 Å². The Morgan fingerprint density at radius 3 is 2.83 bits per heavy atom. The van der Waals surface area contributed by atoms with Gasteiger partial charge in [0.2, 0.25) is 11.8 Å². The van der Waals surface area contributed by atoms with Gasteiger partial charge in [-0.15, -0.1) is 0 Å². The van der Waals surface area contributed by atoms with E-state index < -0.39 is 0 Å². The minimum Gasteiger partial charge on any atom is -0.355 e. The van der Waals surface area contributed by atoms with Crippen LogP contribution in [0.1, 0.15) is 18.4 Å². The molecule has 0 radical (unpaired) electrons. The molecule has 4 N–H and O–H groups in total. The molecule has 1 aliphatic heterocycles. The molecule has 0 aromatic heterocycles. The summed E-state index contributed by atoms with van der Waals surface area (Å²) < 4.78 is 13.5. The molecule has 2 rings (SSSR count). The van der Waals surface area contributed by atoms with Crippen molar-refractivity contribution in [1.29, 1.82) is 0 Å². The van der Waals surface area contributed by atoms with E-state index in [4.69, 9.17) is 5.73 Å². The van der Waals surface area contributed by atoms with E-state index in [1.165, 1.54) is 6.07 Å². The summed E-state index contributed by atoms with van der Waals surface area (Å²) in [6.45, 7) is 2.62. The molecule has 7 heteroatoms. The zero-order valence-corrected chi connectivity index (χ0v) is 13.8. The highest BCUT2D eigenvalue weighted by Gasteiger charge is 2.26. The van der Waals surface area contributed by atoms with Gasteiger partial charge in [0.25, 0.3) is 0 Å². The largest absolute Gasteiger partial charge is 0.355 e. The third-order valence-corrected chi connectivity index (χ3v) is 4.12. The molecule has 0 bridgehead atoms. The van der Waals surface area contributed by atoms with Gasteiger partial charge in [-0.25, -0.2) is 4.39 Å². The molecule has 1 fully saturated rings. The van der Waals surface area contributed by atoms with Crippen LogP contribution in [0.2, 0.25) is 0 Å². The summed E-state index contributed by atoms with van der Waals surface area (Å²) in [5.74, 6) is -0.602. The summed E-state index contributed by atoms with van der Waals surface area (Å²) >= 11 is 0. The van der Waals surface area contributed by atoms with Gasteiger partial charge in [-0.05, 0) is 25.5 Å². The van der Waals surface area contributed by atoms with Crippen LogP contribution in [0.25, 0.3) is 0 Å². The summed E-state index contributed by atoms with van der Waals surface area (Å²) in [6.07, 6.45) is 1.70. The van der Waals surface area contributed by atoms with Crippen LogP contribution in [-0.4, -0.2) is 49.4 Å². The molecule has 1 saturated heterocycles. The number of likely N-dealkylation sites (tertiary alicyclic amines) is 1. The van der Waals surface area contributed by atoms with Gasteiger partial charge in [0, 0.05) is 31.7 Å². The number of piperidine rings is 1. The van der Waals surface area contributed by atoms with E-state index in [0.29, 0.717) is 25.2 Å². The maximum atomic E-state index is 13.5. The topological polar surface area (TPSA) is 87.5 Å². The van der Waals surface area contributed by atoms with Crippen molar-refractivity contribution in [2.45, 2.75) is 19.4 Å². The van der Waals surface area contributed by atoms with Gasteiger partial charge in [0.05, 0.1) is 12.5 Å². The van der Waals surface area contributed by atoms with Crippen molar-refractivity contribution in [3.8, 4) is 0 Å². The van der Waals surface area contributed by atoms with Gasteiger partial charge < -0.3 is 16.4 Å². The minimum atomic E-state index is -0.326. The smallest absolute Gasteiger partial charge is 0.234 e. The number of hydrogen-bond acceptors (Lipinski definition) is 4. The lowest BCUT2D eigenvalue weighted by Crippen LogP contribution is -2.47. The van der Waals surface area contributed by atoms with Crippen LogP contribution in [0.5, 0.6) is 0 Å². The van der Waals surface area contributed by atoms with E-state index in [-0.39, 0.29) is 36.6 Å². The highest BCUT2D eigenvalue weighted by Crippen LogP contribution is 2.16. The number of carbonyl (C=O) groups is 2. The number of benzene rings is 1. The maximum Gasteiger partial charge on any atom is 0.234 e. The minimum absolute atomic E-state index is 0.00286. The number of hydrogen-bond donors (Lipinski definition) is 3. The average Bonchev–Trinajstić information content (AvgIpc) is 2.59. The zero-order chi connectivity index (χ0) is 17.4. The predicted octanol–water partition coefficient (Wildman–Crippen LogP) is 0.229. The molecule has 1 heterocycles. The van der Waals surface area contributed by atoms with E-state index in [9.17, 15) is 14.0 Å². The normalized spacial score (nSPS) is 18.2. The van der Waals surface area contributed by atoms with Gasteiger partial charge in [0.1, 0.15) is 5.82 Å². The molecule has 132 valence electrons. The third-order valence-electron chi connectivity index (χ3n) is 4.12. The number of halogens is 1. The van der Waals surface area contributed by atoms with E-state index >= 15 is 0 Å². The second kappa shape index (κ2) is 9.34. The third kappa shape index (κ3) is 5.58. The quantitative estimate of drug-likeness (QED) is 0.665. The first-order valence-electron chi connectivity index (χ1n) is 8.30. The van der Waals surface area contributed by atoms with Crippen LogP contribution in [0, 0.1) is 11.7 Å². The van der Waals surface area contributed by atoms with Crippen molar-refractivity contribution < 1.29 is 14.0 Å². The molecule has 1 unspecified atom stereocenters. The number of carbonyl (C=O) groups excluding carboxylic acids is 2. The molecule has 2 amide bonds. The molecule has 1 atom stereocenters. The number of nitrogens with one attached hydrogen (secondary N) is 2. The van der Waals surface area contributed by atoms with Crippen LogP contribution in [0.15, 0.2) is 24.3 Å². The van der Waals surface area contributed by atoms with Gasteiger partial charge in [-0.1, -0.05) is 18.2 Å². The van der Waals surface area contributed by atoms with Crippen molar-refractivity contribution in [1.82, 2.24) is 15.5 Å². The summed E-state index contributed by atoms with van der Waals surface area (Å²) in [5.41, 5.74) is 5.85. The van der Waals surface area contributed by atoms with Crippen molar-refractivity contribution in [3.05, 3.63) is 35.6 Å². The fraction of sp³-hybridized carbons (Fsp3) is 0.529. The predicted molar refractivity (Wildman–Crippen MR) is 89.5 cm³/mol. The molecule has 1 aromatic rings. The van der Waals surface area contributed by atoms with Gasteiger partial charge in [-0.3, -0.25) is 14.5 Å². The van der Waals surface area contributed by atoms with Crippen LogP contribution in [0.4, 0.5) is 4.39 Å². The number of nitrogens with two attached hydrogens (primary N) is 1. The molecule has 0 saturated carbocycles. The van der Waals surface area contributed by atoms with Gasteiger partial charge >= 0.3 is 0 Å². The van der Waals surface area contributed by atoms with Crippen molar-refractivity contribution in [2.75, 3.05) is 32.7 Å². The molecule has 0 aliphatic carbocycles. The second-order valence-corrected chi connectivity index (χ2v) is 6.02. The highest BCUT2D eigenvalue weighted by atomic mass is 19.1. The number of rotatable bonds is 7. The Morgan fingerprint density at radius 1 is 1.29 bits per heavy atom. The second-order valence-electron chi connectivity index (χ2n) is 6.02. The summed E-state index contributed by atoms with van der Waals surface area (Å²) in [6, 6.07) is 6.37. The first-order valence-corrected chi connectivity index (χ1v) is 8.30. The summed E-state index contributed by atoms with van der Waals surface area (Å²) in [7, 11) is 0. The van der Waals surface area contributed by atoms with E-state index in [1.54, 1.807) is 18.2 Å². The molecule has 1 aromatic carbocycles. The van der Waals surface area contributed by atoms with E-state index in [2.05, 4.69) is 10.6 Å².